The molecule has 0 unspecified atom stereocenters. The molecule has 2 aliphatic carbocycles. The zero-order valence-electron chi connectivity index (χ0n) is 34.0. The summed E-state index contributed by atoms with van der Waals surface area (Å²) in [5.74, 6) is 0. The van der Waals surface area contributed by atoms with Crippen LogP contribution in [0.2, 0.25) is 0 Å². The molecule has 0 radical (unpaired) electrons. The Hall–Kier alpha value is -8.32. The molecule has 294 valence electrons. The van der Waals surface area contributed by atoms with Gasteiger partial charge in [0.15, 0.2) is 0 Å². The zero-order valence-corrected chi connectivity index (χ0v) is 34.0. The SMILES string of the molecule is N#Cc1ccc(N(c2ccc(N(c3ccc(C#N)cc3)c3ccc4c(c3)c3ccccc3n4C3=CC=CCC3)cc2)c2ccc3c(c2)c2ccccc2n3C2=CC=CCC2)cc1. The number of allylic oxidation sites excluding steroid dienone is 8. The predicted octanol–water partition coefficient (Wildman–Crippen LogP) is 15.0. The van der Waals surface area contributed by atoms with Crippen LogP contribution < -0.4 is 9.80 Å². The number of rotatable bonds is 8. The highest BCUT2D eigenvalue weighted by molar-refractivity contribution is 6.12. The average Bonchev–Trinajstić information content (AvgIpc) is 3.85. The number of hydrogen-bond donors (Lipinski definition) is 0. The quantitative estimate of drug-likeness (QED) is 0.154. The smallest absolute Gasteiger partial charge is 0.0991 e. The van der Waals surface area contributed by atoms with Gasteiger partial charge in [-0.05, 0) is 159 Å². The molecule has 6 nitrogen and oxygen atoms in total. The zero-order chi connectivity index (χ0) is 41.6. The highest BCUT2D eigenvalue weighted by Crippen LogP contribution is 2.44. The highest BCUT2D eigenvalue weighted by Gasteiger charge is 2.21. The first kappa shape index (κ1) is 36.7. The van der Waals surface area contributed by atoms with Crippen LogP contribution in [0.4, 0.5) is 34.1 Å². The number of nitriles is 2. The molecule has 0 amide bonds. The van der Waals surface area contributed by atoms with Crippen molar-refractivity contribution in [3.05, 3.63) is 205 Å². The number of nitrogens with zero attached hydrogens (tertiary/aromatic N) is 6. The van der Waals surface area contributed by atoms with Gasteiger partial charge in [-0.15, -0.1) is 0 Å². The normalized spacial score (nSPS) is 13.6. The lowest BCUT2D eigenvalue weighted by Crippen LogP contribution is -2.12. The van der Waals surface area contributed by atoms with E-state index in [-0.39, 0.29) is 0 Å². The van der Waals surface area contributed by atoms with Gasteiger partial charge in [-0.2, -0.15) is 10.5 Å². The standard InChI is InChI=1S/C56H40N6/c57-37-39-19-23-43(24-20-39)59(47-31-33-55-51(35-47)49-15-7-9-17-53(49)61(55)41-11-3-1-4-12-41)45-27-29-46(30-28-45)60(44-25-21-40(38-58)22-26-44)48-32-34-56-52(36-48)50-16-8-10-18-54(50)62(56)42-13-5-2-6-14-42/h1-3,5,7-11,13,15-36H,4,6,12,14H2. The molecule has 0 N–H and O–H groups in total. The lowest BCUT2D eigenvalue weighted by Gasteiger charge is -2.28. The third kappa shape index (κ3) is 6.25. The topological polar surface area (TPSA) is 63.9 Å². The highest BCUT2D eigenvalue weighted by atomic mass is 15.2. The summed E-state index contributed by atoms with van der Waals surface area (Å²) in [5, 5.41) is 24.2. The first-order valence-corrected chi connectivity index (χ1v) is 21.2. The van der Waals surface area contributed by atoms with Gasteiger partial charge in [0, 0.05) is 67.1 Å². The van der Waals surface area contributed by atoms with Crippen LogP contribution in [0.5, 0.6) is 0 Å². The molecule has 0 bridgehead atoms. The molecule has 11 rings (SSSR count). The third-order valence-electron chi connectivity index (χ3n) is 12.3. The fourth-order valence-corrected chi connectivity index (χ4v) is 9.39. The summed E-state index contributed by atoms with van der Waals surface area (Å²) in [7, 11) is 0. The van der Waals surface area contributed by atoms with Crippen LogP contribution in [0.25, 0.3) is 55.0 Å². The van der Waals surface area contributed by atoms with Gasteiger partial charge in [0.1, 0.15) is 0 Å². The molecule has 2 aliphatic rings. The van der Waals surface area contributed by atoms with E-state index in [0.29, 0.717) is 11.1 Å². The predicted molar refractivity (Wildman–Crippen MR) is 257 cm³/mol. The van der Waals surface area contributed by atoms with Crippen LogP contribution in [-0.4, -0.2) is 9.13 Å². The summed E-state index contributed by atoms with van der Waals surface area (Å²) < 4.78 is 4.83. The number of aromatic nitrogens is 2. The largest absolute Gasteiger partial charge is 0.313 e. The maximum atomic E-state index is 9.70. The number of benzene rings is 7. The first-order chi connectivity index (χ1) is 30.7. The Morgan fingerprint density at radius 3 is 1.11 bits per heavy atom. The van der Waals surface area contributed by atoms with Gasteiger partial charge in [0.05, 0.1) is 45.3 Å². The van der Waals surface area contributed by atoms with E-state index < -0.39 is 0 Å². The molecule has 0 saturated heterocycles. The summed E-state index contributed by atoms with van der Waals surface area (Å²) in [5.41, 5.74) is 14.5. The Balaban J connectivity index is 1.05. The van der Waals surface area contributed by atoms with E-state index in [1.807, 2.05) is 48.5 Å². The molecule has 0 aliphatic heterocycles. The van der Waals surface area contributed by atoms with Crippen molar-refractivity contribution in [1.29, 1.82) is 10.5 Å². The molecule has 0 spiro atoms. The van der Waals surface area contributed by atoms with Gasteiger partial charge in [-0.1, -0.05) is 60.7 Å². The summed E-state index contributed by atoms with van der Waals surface area (Å²) in [4.78, 5) is 4.53. The summed E-state index contributed by atoms with van der Waals surface area (Å²) in [6.45, 7) is 0. The van der Waals surface area contributed by atoms with E-state index in [4.69, 9.17) is 0 Å². The lowest BCUT2D eigenvalue weighted by atomic mass is 10.1. The second-order valence-electron chi connectivity index (χ2n) is 15.9. The second kappa shape index (κ2) is 15.4. The molecule has 2 aromatic heterocycles. The van der Waals surface area contributed by atoms with Crippen LogP contribution in [-0.2, 0) is 0 Å². The molecular formula is C56H40N6. The molecule has 2 heterocycles. The molecule has 0 atom stereocenters. The third-order valence-corrected chi connectivity index (χ3v) is 12.3. The number of fused-ring (bicyclic) bond motifs is 6. The molecule has 9 aromatic rings. The van der Waals surface area contributed by atoms with Crippen molar-refractivity contribution in [3.63, 3.8) is 0 Å². The molecule has 6 heteroatoms. The summed E-state index contributed by atoms with van der Waals surface area (Å²) in [6.07, 6.45) is 17.3. The van der Waals surface area contributed by atoms with Crippen LogP contribution >= 0.6 is 0 Å². The maximum Gasteiger partial charge on any atom is 0.0991 e. The van der Waals surface area contributed by atoms with Gasteiger partial charge in [-0.25, -0.2) is 0 Å². The van der Waals surface area contributed by atoms with E-state index in [2.05, 4.69) is 177 Å². The van der Waals surface area contributed by atoms with E-state index in [9.17, 15) is 10.5 Å². The van der Waals surface area contributed by atoms with Gasteiger partial charge < -0.3 is 18.9 Å². The Morgan fingerprint density at radius 1 is 0.387 bits per heavy atom. The number of para-hydroxylation sites is 2. The Kier molecular flexibility index (Phi) is 9.11. The fraction of sp³-hybridized carbons (Fsp3) is 0.0714. The van der Waals surface area contributed by atoms with Gasteiger partial charge in [0.2, 0.25) is 0 Å². The van der Waals surface area contributed by atoms with Crippen LogP contribution in [0, 0.1) is 22.7 Å². The Morgan fingerprint density at radius 2 is 0.742 bits per heavy atom. The minimum atomic E-state index is 0.614. The summed E-state index contributed by atoms with van der Waals surface area (Å²) >= 11 is 0. The van der Waals surface area contributed by atoms with Gasteiger partial charge >= 0.3 is 0 Å². The monoisotopic (exact) mass is 796 g/mol. The average molecular weight is 797 g/mol. The van der Waals surface area contributed by atoms with Crippen molar-refractivity contribution < 1.29 is 0 Å². The number of anilines is 6. The van der Waals surface area contributed by atoms with E-state index >= 15 is 0 Å². The van der Waals surface area contributed by atoms with Crippen LogP contribution in [0.1, 0.15) is 36.8 Å². The Labute approximate surface area is 360 Å². The van der Waals surface area contributed by atoms with Crippen molar-refractivity contribution in [2.45, 2.75) is 25.7 Å². The van der Waals surface area contributed by atoms with Crippen LogP contribution in [0.3, 0.4) is 0 Å². The lowest BCUT2D eigenvalue weighted by molar-refractivity contribution is 0.979. The molecule has 62 heavy (non-hydrogen) atoms. The van der Waals surface area contributed by atoms with Gasteiger partial charge in [-0.3, -0.25) is 0 Å². The van der Waals surface area contributed by atoms with Crippen LogP contribution in [0.15, 0.2) is 194 Å². The van der Waals surface area contributed by atoms with E-state index in [1.54, 1.807) is 0 Å². The van der Waals surface area contributed by atoms with Gasteiger partial charge in [0.25, 0.3) is 0 Å². The maximum absolute atomic E-state index is 9.70. The van der Waals surface area contributed by atoms with Crippen molar-refractivity contribution >= 4 is 89.1 Å². The Bertz CT molecular complexity index is 3180. The van der Waals surface area contributed by atoms with E-state index in [1.165, 1.54) is 55.0 Å². The van der Waals surface area contributed by atoms with Crippen molar-refractivity contribution in [2.75, 3.05) is 9.80 Å². The molecular weight excluding hydrogens is 757 g/mol. The van der Waals surface area contributed by atoms with Crippen molar-refractivity contribution in [1.82, 2.24) is 9.13 Å². The van der Waals surface area contributed by atoms with E-state index in [0.717, 1.165) is 59.8 Å². The number of hydrogen-bond acceptors (Lipinski definition) is 4. The molecule has 7 aromatic carbocycles. The molecule has 0 fully saturated rings. The van der Waals surface area contributed by atoms with Crippen molar-refractivity contribution in [2.24, 2.45) is 0 Å². The minimum Gasteiger partial charge on any atom is -0.313 e. The minimum absolute atomic E-state index is 0.614. The fourth-order valence-electron chi connectivity index (χ4n) is 9.39. The summed E-state index contributed by atoms with van der Waals surface area (Å²) in [6, 6.07) is 59.7. The molecule has 0 saturated carbocycles. The first-order valence-electron chi connectivity index (χ1n) is 21.2. The van der Waals surface area contributed by atoms with Crippen molar-refractivity contribution in [3.8, 4) is 12.1 Å². The second-order valence-corrected chi connectivity index (χ2v) is 15.9.